The summed E-state index contributed by atoms with van der Waals surface area (Å²) in [5.74, 6) is 0.375. The number of piperidine rings is 1. The summed E-state index contributed by atoms with van der Waals surface area (Å²) in [7, 11) is 0. The second-order valence-electron chi connectivity index (χ2n) is 6.97. The van der Waals surface area contributed by atoms with Crippen molar-refractivity contribution in [3.05, 3.63) is 59.2 Å². The van der Waals surface area contributed by atoms with Gasteiger partial charge in [-0.3, -0.25) is 9.69 Å². The summed E-state index contributed by atoms with van der Waals surface area (Å²) in [6.45, 7) is 8.15. The molecule has 5 heteroatoms. The van der Waals surface area contributed by atoms with Crippen molar-refractivity contribution >= 4 is 5.91 Å². The molecule has 1 amide bonds. The second-order valence-corrected chi connectivity index (χ2v) is 6.97. The molecule has 1 atom stereocenters. The molecular formula is C20H26N4O. The van der Waals surface area contributed by atoms with E-state index in [0.717, 1.165) is 26.1 Å². The first kappa shape index (κ1) is 17.5. The summed E-state index contributed by atoms with van der Waals surface area (Å²) in [6, 6.07) is 8.36. The number of nitrogens with zero attached hydrogens (tertiary/aromatic N) is 3. The minimum atomic E-state index is -0.117. The normalized spacial score (nSPS) is 18.1. The van der Waals surface area contributed by atoms with Crippen LogP contribution in [0.4, 0.5) is 0 Å². The van der Waals surface area contributed by atoms with Crippen molar-refractivity contribution < 1.29 is 4.79 Å². The molecule has 0 saturated carbocycles. The summed E-state index contributed by atoms with van der Waals surface area (Å²) in [5.41, 5.74) is 4.49. The molecular weight excluding hydrogens is 312 g/mol. The fourth-order valence-electron chi connectivity index (χ4n) is 3.37. The van der Waals surface area contributed by atoms with Crippen LogP contribution in [0.5, 0.6) is 0 Å². The molecule has 1 aromatic carbocycles. The van der Waals surface area contributed by atoms with E-state index in [1.54, 1.807) is 12.3 Å². The quantitative estimate of drug-likeness (QED) is 0.911. The zero-order valence-electron chi connectivity index (χ0n) is 15.0. The highest BCUT2D eigenvalue weighted by Crippen LogP contribution is 2.19. The number of carbonyl (C=O) groups excluding carboxylic acids is 1. The highest BCUT2D eigenvalue weighted by molar-refractivity contribution is 5.92. The molecule has 25 heavy (non-hydrogen) atoms. The first-order valence-corrected chi connectivity index (χ1v) is 8.94. The van der Waals surface area contributed by atoms with Crippen LogP contribution in [-0.2, 0) is 6.54 Å². The molecule has 0 aliphatic carbocycles. The number of likely N-dealkylation sites (tertiary alicyclic amines) is 1. The minimum Gasteiger partial charge on any atom is -0.350 e. The maximum absolute atomic E-state index is 12.1. The standard InChI is InChI=1S/C20H26N4O/c1-15-5-6-17(10-16(15)2)12-24-9-3-4-18(13-24)11-22-20(25)19-7-8-21-14-23-19/h5-8,10,14,18H,3-4,9,11-13H2,1-2H3,(H,22,25)/t18-/m1/s1. The van der Waals surface area contributed by atoms with Crippen LogP contribution >= 0.6 is 0 Å². The largest absolute Gasteiger partial charge is 0.350 e. The maximum atomic E-state index is 12.1. The van der Waals surface area contributed by atoms with E-state index < -0.39 is 0 Å². The minimum absolute atomic E-state index is 0.117. The first-order chi connectivity index (χ1) is 12.1. The number of hydrogen-bond donors (Lipinski definition) is 1. The van der Waals surface area contributed by atoms with E-state index in [1.807, 2.05) is 0 Å². The second kappa shape index (κ2) is 8.21. The van der Waals surface area contributed by atoms with E-state index in [0.29, 0.717) is 18.2 Å². The van der Waals surface area contributed by atoms with Crippen LogP contribution in [0, 0.1) is 19.8 Å². The van der Waals surface area contributed by atoms with Gasteiger partial charge in [-0.2, -0.15) is 0 Å². The highest BCUT2D eigenvalue weighted by Gasteiger charge is 2.21. The number of aromatic nitrogens is 2. The topological polar surface area (TPSA) is 58.1 Å². The summed E-state index contributed by atoms with van der Waals surface area (Å²) < 4.78 is 0. The van der Waals surface area contributed by atoms with Crippen molar-refractivity contribution in [2.45, 2.75) is 33.2 Å². The van der Waals surface area contributed by atoms with Crippen LogP contribution in [0.1, 0.15) is 40.0 Å². The number of carbonyl (C=O) groups is 1. The lowest BCUT2D eigenvalue weighted by Crippen LogP contribution is -2.40. The van der Waals surface area contributed by atoms with E-state index >= 15 is 0 Å². The molecule has 1 fully saturated rings. The number of amides is 1. The van der Waals surface area contributed by atoms with Crippen molar-refractivity contribution in [3.63, 3.8) is 0 Å². The molecule has 0 bridgehead atoms. The Morgan fingerprint density at radius 1 is 1.28 bits per heavy atom. The average molecular weight is 338 g/mol. The van der Waals surface area contributed by atoms with Crippen LogP contribution in [0.25, 0.3) is 0 Å². The molecule has 0 radical (unpaired) electrons. The summed E-state index contributed by atoms with van der Waals surface area (Å²) in [4.78, 5) is 22.4. The summed E-state index contributed by atoms with van der Waals surface area (Å²) in [5, 5.41) is 3.01. The van der Waals surface area contributed by atoms with E-state index in [4.69, 9.17) is 0 Å². The Labute approximate surface area is 149 Å². The Morgan fingerprint density at radius 3 is 2.92 bits per heavy atom. The lowest BCUT2D eigenvalue weighted by Gasteiger charge is -2.33. The molecule has 1 aliphatic rings. The van der Waals surface area contributed by atoms with Gasteiger partial charge in [0, 0.05) is 25.8 Å². The Kier molecular flexibility index (Phi) is 5.76. The molecule has 0 spiro atoms. The number of nitrogens with one attached hydrogen (secondary N) is 1. The van der Waals surface area contributed by atoms with Gasteiger partial charge in [0.1, 0.15) is 12.0 Å². The molecule has 0 unspecified atom stereocenters. The van der Waals surface area contributed by atoms with Gasteiger partial charge in [-0.05, 0) is 61.9 Å². The van der Waals surface area contributed by atoms with Crippen LogP contribution in [-0.4, -0.2) is 40.4 Å². The van der Waals surface area contributed by atoms with Gasteiger partial charge < -0.3 is 5.32 Å². The molecule has 132 valence electrons. The Bertz CT molecular complexity index is 717. The number of aryl methyl sites for hydroxylation is 2. The van der Waals surface area contributed by atoms with E-state index in [1.165, 1.54) is 29.4 Å². The number of benzene rings is 1. The molecule has 3 rings (SSSR count). The SMILES string of the molecule is Cc1ccc(CN2CCC[C@H](CNC(=O)c3ccncn3)C2)cc1C. The van der Waals surface area contributed by atoms with Crippen molar-refractivity contribution in [1.29, 1.82) is 0 Å². The van der Waals surface area contributed by atoms with Gasteiger partial charge in [-0.1, -0.05) is 18.2 Å². The lowest BCUT2D eigenvalue weighted by atomic mass is 9.97. The van der Waals surface area contributed by atoms with Crippen LogP contribution in [0.3, 0.4) is 0 Å². The monoisotopic (exact) mass is 338 g/mol. The Morgan fingerprint density at radius 2 is 2.16 bits per heavy atom. The molecule has 2 aromatic rings. The van der Waals surface area contributed by atoms with Crippen LogP contribution < -0.4 is 5.32 Å². The third kappa shape index (κ3) is 4.86. The summed E-state index contributed by atoms with van der Waals surface area (Å²) in [6.07, 6.45) is 5.33. The number of hydrogen-bond acceptors (Lipinski definition) is 4. The van der Waals surface area contributed by atoms with Gasteiger partial charge >= 0.3 is 0 Å². The van der Waals surface area contributed by atoms with Crippen molar-refractivity contribution in [3.8, 4) is 0 Å². The fraction of sp³-hybridized carbons (Fsp3) is 0.450. The molecule has 5 nitrogen and oxygen atoms in total. The number of rotatable bonds is 5. The predicted octanol–water partition coefficient (Wildman–Crippen LogP) is 2.74. The third-order valence-electron chi connectivity index (χ3n) is 4.95. The smallest absolute Gasteiger partial charge is 0.270 e. The molecule has 1 N–H and O–H groups in total. The van der Waals surface area contributed by atoms with Gasteiger partial charge in [-0.15, -0.1) is 0 Å². The van der Waals surface area contributed by atoms with Crippen LogP contribution in [0.15, 0.2) is 36.8 Å². The van der Waals surface area contributed by atoms with Gasteiger partial charge in [0.05, 0.1) is 0 Å². The highest BCUT2D eigenvalue weighted by atomic mass is 16.1. The van der Waals surface area contributed by atoms with E-state index in [9.17, 15) is 4.79 Å². The molecule has 1 aliphatic heterocycles. The molecule has 1 saturated heterocycles. The zero-order chi connectivity index (χ0) is 17.6. The van der Waals surface area contributed by atoms with Crippen molar-refractivity contribution in [2.24, 2.45) is 5.92 Å². The third-order valence-corrected chi connectivity index (χ3v) is 4.95. The first-order valence-electron chi connectivity index (χ1n) is 8.94. The Balaban J connectivity index is 1.51. The summed E-state index contributed by atoms with van der Waals surface area (Å²) >= 11 is 0. The maximum Gasteiger partial charge on any atom is 0.270 e. The van der Waals surface area contributed by atoms with Crippen molar-refractivity contribution in [2.75, 3.05) is 19.6 Å². The van der Waals surface area contributed by atoms with Crippen molar-refractivity contribution in [1.82, 2.24) is 20.2 Å². The molecule has 2 heterocycles. The van der Waals surface area contributed by atoms with Gasteiger partial charge in [-0.25, -0.2) is 9.97 Å². The van der Waals surface area contributed by atoms with E-state index in [-0.39, 0.29) is 5.91 Å². The molecule has 1 aromatic heterocycles. The average Bonchev–Trinajstić information content (AvgIpc) is 2.64. The zero-order valence-corrected chi connectivity index (χ0v) is 15.0. The van der Waals surface area contributed by atoms with Gasteiger partial charge in [0.25, 0.3) is 5.91 Å². The predicted molar refractivity (Wildman–Crippen MR) is 98.3 cm³/mol. The fourth-order valence-corrected chi connectivity index (χ4v) is 3.37. The van der Waals surface area contributed by atoms with E-state index in [2.05, 4.69) is 52.2 Å². The van der Waals surface area contributed by atoms with Gasteiger partial charge in [0.2, 0.25) is 0 Å². The van der Waals surface area contributed by atoms with Gasteiger partial charge in [0.15, 0.2) is 0 Å². The Hall–Kier alpha value is -2.27. The lowest BCUT2D eigenvalue weighted by molar-refractivity contribution is 0.0925. The van der Waals surface area contributed by atoms with Crippen LogP contribution in [0.2, 0.25) is 0 Å².